The molecule has 0 radical (unpaired) electrons. The largest absolute Gasteiger partial charge is 0.497 e. The molecule has 144 valence electrons. The van der Waals surface area contributed by atoms with Crippen molar-refractivity contribution in [3.8, 4) is 22.8 Å². The zero-order valence-electron chi connectivity index (χ0n) is 16.0. The number of benzene rings is 2. The van der Waals surface area contributed by atoms with Crippen molar-refractivity contribution in [1.82, 2.24) is 10.3 Å². The first kappa shape index (κ1) is 19.2. The number of methoxy groups -OCH3 is 2. The van der Waals surface area contributed by atoms with Gasteiger partial charge in [0.2, 0.25) is 0 Å². The second kappa shape index (κ2) is 8.43. The number of rotatable bonds is 6. The van der Waals surface area contributed by atoms with Crippen molar-refractivity contribution < 1.29 is 14.3 Å². The van der Waals surface area contributed by atoms with Crippen molar-refractivity contribution in [2.24, 2.45) is 0 Å². The van der Waals surface area contributed by atoms with Crippen LogP contribution in [0.4, 0.5) is 0 Å². The molecule has 1 heterocycles. The quantitative estimate of drug-likeness (QED) is 0.687. The van der Waals surface area contributed by atoms with Gasteiger partial charge in [0.1, 0.15) is 17.1 Å². The highest BCUT2D eigenvalue weighted by atomic mass is 16.5. The van der Waals surface area contributed by atoms with Gasteiger partial charge in [-0.05, 0) is 42.8 Å². The van der Waals surface area contributed by atoms with E-state index in [4.69, 9.17) is 9.47 Å². The first-order chi connectivity index (χ1) is 13.5. The van der Waals surface area contributed by atoms with Crippen LogP contribution in [0.15, 0.2) is 65.5 Å². The molecule has 0 aliphatic rings. The zero-order chi connectivity index (χ0) is 20.1. The normalized spacial score (nSPS) is 11.5. The smallest absolute Gasteiger partial charge is 0.261 e. The van der Waals surface area contributed by atoms with Crippen molar-refractivity contribution >= 4 is 5.91 Å². The molecule has 1 atom stereocenters. The molecule has 28 heavy (non-hydrogen) atoms. The molecule has 3 rings (SSSR count). The summed E-state index contributed by atoms with van der Waals surface area (Å²) in [5.74, 6) is 0.821. The Morgan fingerprint density at radius 1 is 1.00 bits per heavy atom. The lowest BCUT2D eigenvalue weighted by Gasteiger charge is -2.18. The average molecular weight is 378 g/mol. The van der Waals surface area contributed by atoms with E-state index in [9.17, 15) is 9.59 Å². The molecule has 0 aliphatic carbocycles. The SMILES string of the molecule is COc1ccc(OC)c(C(C)NC(=O)c2ccc(-c3ccccc3)[nH]c2=O)c1. The number of nitrogens with one attached hydrogen (secondary N) is 2. The molecule has 2 N–H and O–H groups in total. The third-order valence-electron chi connectivity index (χ3n) is 4.49. The fourth-order valence-electron chi connectivity index (χ4n) is 2.97. The molecule has 0 saturated carbocycles. The Morgan fingerprint density at radius 3 is 2.39 bits per heavy atom. The second-order valence-electron chi connectivity index (χ2n) is 6.28. The van der Waals surface area contributed by atoms with Crippen LogP contribution in [0.25, 0.3) is 11.3 Å². The topological polar surface area (TPSA) is 80.4 Å². The minimum atomic E-state index is -0.460. The van der Waals surface area contributed by atoms with Crippen molar-refractivity contribution in [3.05, 3.63) is 82.1 Å². The summed E-state index contributed by atoms with van der Waals surface area (Å²) in [7, 11) is 3.13. The lowest BCUT2D eigenvalue weighted by atomic mass is 10.1. The number of pyridine rings is 1. The molecule has 1 aromatic heterocycles. The Labute approximate surface area is 163 Å². The predicted molar refractivity (Wildman–Crippen MR) is 108 cm³/mol. The maximum absolute atomic E-state index is 12.6. The van der Waals surface area contributed by atoms with E-state index in [-0.39, 0.29) is 11.6 Å². The van der Waals surface area contributed by atoms with Gasteiger partial charge >= 0.3 is 0 Å². The summed E-state index contributed by atoms with van der Waals surface area (Å²) in [5.41, 5.74) is 1.90. The van der Waals surface area contributed by atoms with E-state index in [0.29, 0.717) is 17.2 Å². The van der Waals surface area contributed by atoms with Crippen LogP contribution >= 0.6 is 0 Å². The van der Waals surface area contributed by atoms with Gasteiger partial charge in [0.05, 0.1) is 20.3 Å². The molecule has 1 amide bonds. The molecule has 3 aromatic rings. The highest BCUT2D eigenvalue weighted by Gasteiger charge is 2.18. The van der Waals surface area contributed by atoms with Gasteiger partial charge in [-0.1, -0.05) is 30.3 Å². The van der Waals surface area contributed by atoms with Gasteiger partial charge < -0.3 is 19.8 Å². The van der Waals surface area contributed by atoms with Crippen LogP contribution in [-0.2, 0) is 0 Å². The minimum Gasteiger partial charge on any atom is -0.497 e. The van der Waals surface area contributed by atoms with Crippen LogP contribution in [0.2, 0.25) is 0 Å². The fourth-order valence-corrected chi connectivity index (χ4v) is 2.97. The van der Waals surface area contributed by atoms with Gasteiger partial charge in [0, 0.05) is 11.3 Å². The first-order valence-electron chi connectivity index (χ1n) is 8.85. The van der Waals surface area contributed by atoms with Crippen molar-refractivity contribution in [1.29, 1.82) is 0 Å². The van der Waals surface area contributed by atoms with Gasteiger partial charge in [-0.3, -0.25) is 9.59 Å². The zero-order valence-corrected chi connectivity index (χ0v) is 16.0. The van der Waals surface area contributed by atoms with Gasteiger partial charge in [0.25, 0.3) is 11.5 Å². The Bertz CT molecular complexity index is 1030. The Balaban J connectivity index is 1.82. The number of hydrogen-bond donors (Lipinski definition) is 2. The van der Waals surface area contributed by atoms with Gasteiger partial charge in [-0.2, -0.15) is 0 Å². The van der Waals surface area contributed by atoms with E-state index in [0.717, 1.165) is 11.1 Å². The summed E-state index contributed by atoms with van der Waals surface area (Å²) in [6.07, 6.45) is 0. The van der Waals surface area contributed by atoms with Crippen molar-refractivity contribution in [2.45, 2.75) is 13.0 Å². The number of aromatic nitrogens is 1. The predicted octanol–water partition coefficient (Wildman–Crippen LogP) is 3.55. The number of amides is 1. The van der Waals surface area contributed by atoms with Crippen molar-refractivity contribution in [2.75, 3.05) is 14.2 Å². The lowest BCUT2D eigenvalue weighted by Crippen LogP contribution is -2.31. The van der Waals surface area contributed by atoms with Crippen LogP contribution < -0.4 is 20.3 Å². The summed E-state index contributed by atoms with van der Waals surface area (Å²) in [6.45, 7) is 1.82. The molecular formula is C22H22N2O4. The van der Waals surface area contributed by atoms with E-state index in [2.05, 4.69) is 10.3 Å². The van der Waals surface area contributed by atoms with Crippen LogP contribution in [0.5, 0.6) is 11.5 Å². The molecule has 6 heteroatoms. The molecule has 0 aliphatic heterocycles. The Morgan fingerprint density at radius 2 is 1.75 bits per heavy atom. The first-order valence-corrected chi connectivity index (χ1v) is 8.85. The summed E-state index contributed by atoms with van der Waals surface area (Å²) in [5, 5.41) is 2.84. The summed E-state index contributed by atoms with van der Waals surface area (Å²) >= 11 is 0. The molecule has 2 aromatic carbocycles. The minimum absolute atomic E-state index is 0.0494. The Kier molecular flexibility index (Phi) is 5.79. The number of aromatic amines is 1. The number of carbonyl (C=O) groups excluding carboxylic acids is 1. The number of ether oxygens (including phenoxy) is 2. The molecule has 6 nitrogen and oxygen atoms in total. The van der Waals surface area contributed by atoms with Crippen LogP contribution in [-0.4, -0.2) is 25.1 Å². The molecule has 0 saturated heterocycles. The van der Waals surface area contributed by atoms with Crippen LogP contribution in [0.1, 0.15) is 28.9 Å². The number of H-pyrrole nitrogens is 1. The molecular weight excluding hydrogens is 356 g/mol. The standard InChI is InChI=1S/C22H22N2O4/c1-14(18-13-16(27-2)9-12-20(18)28-3)23-21(25)17-10-11-19(24-22(17)26)15-7-5-4-6-8-15/h4-14H,1-3H3,(H,23,25)(H,24,26). The maximum Gasteiger partial charge on any atom is 0.261 e. The highest BCUT2D eigenvalue weighted by Crippen LogP contribution is 2.29. The average Bonchev–Trinajstić information content (AvgIpc) is 2.73. The molecule has 1 unspecified atom stereocenters. The number of hydrogen-bond acceptors (Lipinski definition) is 4. The fraction of sp³-hybridized carbons (Fsp3) is 0.182. The van der Waals surface area contributed by atoms with Gasteiger partial charge in [-0.15, -0.1) is 0 Å². The molecule has 0 fully saturated rings. The van der Waals surface area contributed by atoms with Crippen molar-refractivity contribution in [3.63, 3.8) is 0 Å². The van der Waals surface area contributed by atoms with Crippen LogP contribution in [0.3, 0.4) is 0 Å². The summed E-state index contributed by atoms with van der Waals surface area (Å²) in [6, 6.07) is 17.7. The monoisotopic (exact) mass is 378 g/mol. The second-order valence-corrected chi connectivity index (χ2v) is 6.28. The van der Waals surface area contributed by atoms with Gasteiger partial charge in [0.15, 0.2) is 0 Å². The van der Waals surface area contributed by atoms with Crippen LogP contribution in [0, 0.1) is 0 Å². The Hall–Kier alpha value is -3.54. The third kappa shape index (κ3) is 4.06. The van der Waals surface area contributed by atoms with E-state index in [1.165, 1.54) is 6.07 Å². The lowest BCUT2D eigenvalue weighted by molar-refractivity contribution is 0.0938. The molecule has 0 bridgehead atoms. The highest BCUT2D eigenvalue weighted by molar-refractivity contribution is 5.94. The van der Waals surface area contributed by atoms with E-state index >= 15 is 0 Å². The maximum atomic E-state index is 12.6. The van der Waals surface area contributed by atoms with E-state index < -0.39 is 11.5 Å². The summed E-state index contributed by atoms with van der Waals surface area (Å²) in [4.78, 5) is 27.8. The van der Waals surface area contributed by atoms with E-state index in [1.54, 1.807) is 38.5 Å². The number of carbonyl (C=O) groups is 1. The van der Waals surface area contributed by atoms with Gasteiger partial charge in [-0.25, -0.2) is 0 Å². The molecule has 0 spiro atoms. The van der Waals surface area contributed by atoms with E-state index in [1.807, 2.05) is 37.3 Å². The summed E-state index contributed by atoms with van der Waals surface area (Å²) < 4.78 is 10.6. The third-order valence-corrected chi connectivity index (χ3v) is 4.49.